The quantitative estimate of drug-likeness (QED) is 0.431. The zero-order chi connectivity index (χ0) is 18.8. The number of carboxylic acid groups (broad SMARTS) is 1. The first-order valence-corrected chi connectivity index (χ1v) is 12.8. The summed E-state index contributed by atoms with van der Waals surface area (Å²) in [6, 6.07) is 0.178. The van der Waals surface area contributed by atoms with E-state index in [4.69, 9.17) is 4.43 Å². The van der Waals surface area contributed by atoms with Crippen molar-refractivity contribution in [2.75, 3.05) is 11.6 Å². The number of hydrogen-bond acceptors (Lipinski definition) is 6. The van der Waals surface area contributed by atoms with E-state index in [2.05, 4.69) is 49.1 Å². The number of aromatic carboxylic acids is 1. The summed E-state index contributed by atoms with van der Waals surface area (Å²) >= 11 is 1.40. The zero-order valence-electron chi connectivity index (χ0n) is 15.9. The Morgan fingerprint density at radius 3 is 2.64 bits per heavy atom. The van der Waals surface area contributed by atoms with Crippen LogP contribution in [0.5, 0.6) is 0 Å². The molecule has 140 valence electrons. The van der Waals surface area contributed by atoms with Crippen molar-refractivity contribution in [1.29, 1.82) is 0 Å². The number of carbonyl (C=O) groups is 1. The minimum atomic E-state index is -1.79. The van der Waals surface area contributed by atoms with Crippen LogP contribution in [0.25, 0.3) is 0 Å². The molecular weight excluding hydrogens is 354 g/mol. The van der Waals surface area contributed by atoms with Gasteiger partial charge >= 0.3 is 5.97 Å². The molecule has 6 nitrogen and oxygen atoms in total. The van der Waals surface area contributed by atoms with Gasteiger partial charge in [0.2, 0.25) is 0 Å². The Bertz CT molecular complexity index is 634. The van der Waals surface area contributed by atoms with E-state index >= 15 is 0 Å². The van der Waals surface area contributed by atoms with E-state index in [0.29, 0.717) is 11.0 Å². The van der Waals surface area contributed by atoms with Gasteiger partial charge in [-0.3, -0.25) is 0 Å². The van der Waals surface area contributed by atoms with E-state index in [1.54, 1.807) is 0 Å². The van der Waals surface area contributed by atoms with Crippen LogP contribution >= 0.6 is 11.8 Å². The van der Waals surface area contributed by atoms with Crippen molar-refractivity contribution in [3.05, 3.63) is 11.8 Å². The average Bonchev–Trinajstić information content (AvgIpc) is 2.92. The second kappa shape index (κ2) is 7.63. The lowest BCUT2D eigenvalue weighted by Crippen LogP contribution is -2.43. The summed E-state index contributed by atoms with van der Waals surface area (Å²) in [5.74, 6) is -0.605. The highest BCUT2D eigenvalue weighted by atomic mass is 32.2. The van der Waals surface area contributed by atoms with Crippen molar-refractivity contribution in [3.63, 3.8) is 0 Å². The summed E-state index contributed by atoms with van der Waals surface area (Å²) in [6.07, 6.45) is 6.31. The van der Waals surface area contributed by atoms with Crippen LogP contribution in [0.4, 0.5) is 5.82 Å². The van der Waals surface area contributed by atoms with Crippen molar-refractivity contribution < 1.29 is 14.3 Å². The average molecular weight is 384 g/mol. The molecule has 0 bridgehead atoms. The van der Waals surface area contributed by atoms with Gasteiger partial charge in [0.25, 0.3) is 0 Å². The number of aromatic nitrogens is 2. The summed E-state index contributed by atoms with van der Waals surface area (Å²) in [6.45, 7) is 11.3. The highest BCUT2D eigenvalue weighted by Crippen LogP contribution is 2.39. The Morgan fingerprint density at radius 2 is 2.08 bits per heavy atom. The lowest BCUT2D eigenvalue weighted by molar-refractivity contribution is 0.0697. The first kappa shape index (κ1) is 20.2. The number of anilines is 1. The molecule has 2 unspecified atom stereocenters. The number of carboxylic acids is 1. The Labute approximate surface area is 155 Å². The second-order valence-corrected chi connectivity index (χ2v) is 13.6. The molecule has 1 aromatic heterocycles. The Kier molecular flexibility index (Phi) is 6.16. The molecule has 0 amide bonds. The van der Waals surface area contributed by atoms with Crippen molar-refractivity contribution >= 4 is 31.9 Å². The van der Waals surface area contributed by atoms with Crippen LogP contribution in [0.1, 0.15) is 50.4 Å². The predicted molar refractivity (Wildman–Crippen MR) is 104 cm³/mol. The molecule has 1 aliphatic rings. The standard InChI is InChI=1S/C17H29N3O3SSi/c1-17(2,3)25(5,6)23-12-8-7-11(9-12)19-14-13(15(21)22)10-18-16(20-14)24-4/h10-12H,7-9H2,1-6H3,(H,21,22)(H,18,19,20). The van der Waals surface area contributed by atoms with Gasteiger partial charge in [-0.1, -0.05) is 32.5 Å². The monoisotopic (exact) mass is 383 g/mol. The smallest absolute Gasteiger partial charge is 0.341 e. The molecule has 1 heterocycles. The van der Waals surface area contributed by atoms with E-state index in [9.17, 15) is 9.90 Å². The van der Waals surface area contributed by atoms with Crippen LogP contribution < -0.4 is 5.32 Å². The molecule has 1 fully saturated rings. The van der Waals surface area contributed by atoms with Gasteiger partial charge in [0.15, 0.2) is 13.5 Å². The van der Waals surface area contributed by atoms with Crippen LogP contribution in [0.3, 0.4) is 0 Å². The van der Waals surface area contributed by atoms with Crippen molar-refractivity contribution in [2.24, 2.45) is 0 Å². The summed E-state index contributed by atoms with van der Waals surface area (Å²) in [7, 11) is -1.79. The van der Waals surface area contributed by atoms with Gasteiger partial charge in [0, 0.05) is 18.3 Å². The van der Waals surface area contributed by atoms with Crippen molar-refractivity contribution in [3.8, 4) is 0 Å². The molecule has 1 aliphatic carbocycles. The Morgan fingerprint density at radius 1 is 1.40 bits per heavy atom. The fraction of sp³-hybridized carbons (Fsp3) is 0.706. The molecule has 1 aromatic rings. The normalized spacial score (nSPS) is 21.4. The van der Waals surface area contributed by atoms with E-state index in [-0.39, 0.29) is 22.7 Å². The van der Waals surface area contributed by atoms with Gasteiger partial charge in [-0.15, -0.1) is 0 Å². The number of nitrogens with one attached hydrogen (secondary N) is 1. The number of rotatable bonds is 6. The maximum Gasteiger partial charge on any atom is 0.341 e. The molecule has 0 aliphatic heterocycles. The van der Waals surface area contributed by atoms with E-state index < -0.39 is 14.3 Å². The summed E-state index contributed by atoms with van der Waals surface area (Å²) in [4.78, 5) is 19.8. The van der Waals surface area contributed by atoms with Crippen LogP contribution in [-0.2, 0) is 4.43 Å². The van der Waals surface area contributed by atoms with Gasteiger partial charge in [-0.2, -0.15) is 0 Å². The van der Waals surface area contributed by atoms with Gasteiger partial charge in [0.05, 0.1) is 0 Å². The molecule has 0 radical (unpaired) electrons. The molecule has 0 spiro atoms. The Hall–Kier alpha value is -1.12. The number of nitrogens with zero attached hydrogens (tertiary/aromatic N) is 2. The van der Waals surface area contributed by atoms with Crippen molar-refractivity contribution in [2.45, 2.75) is 75.5 Å². The number of hydrogen-bond donors (Lipinski definition) is 2. The molecule has 2 rings (SSSR count). The van der Waals surface area contributed by atoms with E-state index in [0.717, 1.165) is 19.3 Å². The highest BCUT2D eigenvalue weighted by Gasteiger charge is 2.40. The van der Waals surface area contributed by atoms with E-state index in [1.807, 2.05) is 6.26 Å². The van der Waals surface area contributed by atoms with Crippen LogP contribution in [0.15, 0.2) is 11.4 Å². The van der Waals surface area contributed by atoms with E-state index in [1.165, 1.54) is 18.0 Å². The van der Waals surface area contributed by atoms with Crippen LogP contribution in [0.2, 0.25) is 18.1 Å². The van der Waals surface area contributed by atoms with Crippen LogP contribution in [-0.4, -0.2) is 47.8 Å². The minimum Gasteiger partial charge on any atom is -0.477 e. The Balaban J connectivity index is 2.05. The summed E-state index contributed by atoms with van der Waals surface area (Å²) in [5, 5.41) is 13.4. The lowest BCUT2D eigenvalue weighted by Gasteiger charge is -2.38. The van der Waals surface area contributed by atoms with Gasteiger partial charge in [-0.05, 0) is 43.7 Å². The second-order valence-electron chi connectivity index (χ2n) is 8.08. The molecule has 0 aromatic carbocycles. The fourth-order valence-electron chi connectivity index (χ4n) is 2.70. The fourth-order valence-corrected chi connectivity index (χ4v) is 4.44. The maximum atomic E-state index is 11.4. The van der Waals surface area contributed by atoms with Gasteiger partial charge in [-0.25, -0.2) is 14.8 Å². The molecule has 1 saturated carbocycles. The first-order valence-electron chi connectivity index (χ1n) is 8.62. The van der Waals surface area contributed by atoms with Crippen molar-refractivity contribution in [1.82, 2.24) is 9.97 Å². The molecular formula is C17H29N3O3SSi. The molecule has 25 heavy (non-hydrogen) atoms. The van der Waals surface area contributed by atoms with Gasteiger partial charge in [0.1, 0.15) is 11.4 Å². The summed E-state index contributed by atoms with van der Waals surface area (Å²) < 4.78 is 6.50. The molecule has 0 saturated heterocycles. The number of thioether (sulfide) groups is 1. The third-order valence-electron chi connectivity index (χ3n) is 5.17. The first-order chi connectivity index (χ1) is 11.5. The zero-order valence-corrected chi connectivity index (χ0v) is 17.7. The maximum absolute atomic E-state index is 11.4. The van der Waals surface area contributed by atoms with Gasteiger partial charge < -0.3 is 14.8 Å². The highest BCUT2D eigenvalue weighted by molar-refractivity contribution is 7.98. The van der Waals surface area contributed by atoms with Crippen LogP contribution in [0, 0.1) is 0 Å². The minimum absolute atomic E-state index is 0.117. The predicted octanol–water partition coefficient (Wildman–Crippen LogP) is 4.25. The third-order valence-corrected chi connectivity index (χ3v) is 10.3. The summed E-state index contributed by atoms with van der Waals surface area (Å²) in [5.41, 5.74) is 0.117. The molecule has 2 N–H and O–H groups in total. The molecule has 8 heteroatoms. The molecule has 2 atom stereocenters. The SMILES string of the molecule is CSc1ncc(C(=O)O)c(NC2CCC(O[Si](C)(C)C(C)(C)C)C2)n1. The lowest BCUT2D eigenvalue weighted by atomic mass is 10.2. The topological polar surface area (TPSA) is 84.3 Å². The third kappa shape index (κ3) is 4.95. The largest absolute Gasteiger partial charge is 0.477 e.